The van der Waals surface area contributed by atoms with Crippen LogP contribution in [0, 0.1) is 17.2 Å². The largest absolute Gasteiger partial charge is 0.468 e. The Bertz CT molecular complexity index is 1310. The van der Waals surface area contributed by atoms with Crippen molar-refractivity contribution in [2.75, 3.05) is 25.1 Å². The lowest BCUT2D eigenvalue weighted by atomic mass is 9.82. The minimum atomic E-state index is -0.259. The number of aryl methyl sites for hydroxylation is 1. The number of ether oxygens (including phenoxy) is 2. The Labute approximate surface area is 236 Å². The molecule has 210 valence electrons. The Morgan fingerprint density at radius 2 is 1.90 bits per heavy atom. The fourth-order valence-corrected chi connectivity index (χ4v) is 4.95. The molecule has 0 radical (unpaired) electrons. The summed E-state index contributed by atoms with van der Waals surface area (Å²) in [5, 5.41) is 17.7. The van der Waals surface area contributed by atoms with Gasteiger partial charge in [-0.1, -0.05) is 61.9 Å². The number of nitrogens with zero attached hydrogens (tertiary/aromatic N) is 2. The summed E-state index contributed by atoms with van der Waals surface area (Å²) in [6.45, 7) is 6.99. The van der Waals surface area contributed by atoms with Crippen LogP contribution in [0.4, 0.5) is 5.69 Å². The monoisotopic (exact) mass is 542 g/mol. The third-order valence-corrected chi connectivity index (χ3v) is 6.98. The highest BCUT2D eigenvalue weighted by Gasteiger charge is 2.28. The summed E-state index contributed by atoms with van der Waals surface area (Å²) >= 11 is 0. The van der Waals surface area contributed by atoms with E-state index < -0.39 is 0 Å². The Balaban J connectivity index is 1.41. The number of rotatable bonds is 11. The van der Waals surface area contributed by atoms with Gasteiger partial charge in [-0.2, -0.15) is 0 Å². The van der Waals surface area contributed by atoms with Crippen molar-refractivity contribution in [2.45, 2.75) is 46.5 Å². The first-order valence-electron chi connectivity index (χ1n) is 13.9. The summed E-state index contributed by atoms with van der Waals surface area (Å²) in [6.07, 6.45) is 6.57. The first kappa shape index (κ1) is 28.8. The third kappa shape index (κ3) is 7.68. The molecule has 1 aliphatic heterocycles. The summed E-state index contributed by atoms with van der Waals surface area (Å²) in [5.41, 5.74) is 4.84. The summed E-state index contributed by atoms with van der Waals surface area (Å²) in [6, 6.07) is 17.3. The molecule has 2 aromatic rings. The van der Waals surface area contributed by atoms with E-state index in [0.717, 1.165) is 40.8 Å². The quantitative estimate of drug-likeness (QED) is 0.354. The number of hydrogen-bond acceptors (Lipinski definition) is 6. The number of allylic oxidation sites excluding steroid dienone is 2. The first-order valence-corrected chi connectivity index (χ1v) is 13.9. The Morgan fingerprint density at radius 3 is 2.60 bits per heavy atom. The van der Waals surface area contributed by atoms with Gasteiger partial charge in [0.25, 0.3) is 0 Å². The molecule has 8 heteroatoms. The molecule has 1 unspecified atom stereocenters. The average molecular weight is 543 g/mol. The fraction of sp³-hybridized carbons (Fsp3) is 0.375. The molecule has 4 rings (SSSR count). The van der Waals surface area contributed by atoms with Gasteiger partial charge in [-0.15, -0.1) is 5.10 Å². The van der Waals surface area contributed by atoms with Crippen LogP contribution < -0.4 is 5.32 Å². The Morgan fingerprint density at radius 1 is 1.10 bits per heavy atom. The maximum Gasteiger partial charge on any atom is 0.306 e. The number of esters is 1. The van der Waals surface area contributed by atoms with E-state index in [-0.39, 0.29) is 30.3 Å². The van der Waals surface area contributed by atoms with Crippen molar-refractivity contribution in [1.29, 1.82) is 5.41 Å². The van der Waals surface area contributed by atoms with Crippen molar-refractivity contribution in [3.8, 4) is 0 Å². The lowest BCUT2D eigenvalue weighted by molar-refractivity contribution is -0.143. The van der Waals surface area contributed by atoms with Gasteiger partial charge >= 0.3 is 5.97 Å². The highest BCUT2D eigenvalue weighted by molar-refractivity contribution is 5.98. The first-order chi connectivity index (χ1) is 19.3. The second kappa shape index (κ2) is 13.7. The van der Waals surface area contributed by atoms with Crippen LogP contribution in [0.5, 0.6) is 0 Å². The second-order valence-corrected chi connectivity index (χ2v) is 10.3. The van der Waals surface area contributed by atoms with Crippen molar-refractivity contribution in [2.24, 2.45) is 16.9 Å². The maximum atomic E-state index is 13.4. The fourth-order valence-electron chi connectivity index (χ4n) is 4.95. The molecular formula is C32H38N4O4. The molecule has 0 saturated carbocycles. The molecule has 1 atom stereocenters. The Kier molecular flexibility index (Phi) is 9.89. The van der Waals surface area contributed by atoms with Gasteiger partial charge in [-0.25, -0.2) is 5.01 Å². The smallest absolute Gasteiger partial charge is 0.306 e. The molecular weight excluding hydrogens is 504 g/mol. The van der Waals surface area contributed by atoms with Crippen molar-refractivity contribution in [3.63, 3.8) is 0 Å². The van der Waals surface area contributed by atoms with Crippen molar-refractivity contribution < 1.29 is 19.1 Å². The van der Waals surface area contributed by atoms with Crippen molar-refractivity contribution >= 4 is 29.3 Å². The van der Waals surface area contributed by atoms with Gasteiger partial charge in [0.15, 0.2) is 5.84 Å². The van der Waals surface area contributed by atoms with Crippen molar-refractivity contribution in [1.82, 2.24) is 5.01 Å². The van der Waals surface area contributed by atoms with Gasteiger partial charge in [-0.3, -0.25) is 15.0 Å². The number of hydrazone groups is 1. The number of anilines is 1. The Hall–Kier alpha value is -4.20. The number of carbonyl (C=O) groups excluding carboxylic acids is 2. The number of nitrogens with one attached hydrogen (secondary N) is 2. The highest BCUT2D eigenvalue weighted by atomic mass is 16.5. The van der Waals surface area contributed by atoms with Crippen LogP contribution in [0.1, 0.15) is 51.2 Å². The summed E-state index contributed by atoms with van der Waals surface area (Å²) < 4.78 is 10.7. The standard InChI is InChI=1S/C32H38N4O4/c1-4-39-29(37)18-15-23-9-8-12-27(19-23)34-31(38)30(22(2)3)25-16-13-24(14-17-25)20-36-28(33)21-40-32(35-36)26-10-6-5-7-11-26/h5-13,16,19,22,30,33H,4,14-15,17-18,20-21H2,1-3H3,(H,34,38). The number of benzene rings is 2. The normalized spacial score (nSPS) is 15.9. The summed E-state index contributed by atoms with van der Waals surface area (Å²) in [7, 11) is 0. The van der Waals surface area contributed by atoms with E-state index in [2.05, 4.69) is 36.4 Å². The SMILES string of the molecule is CCOC(=O)CCc1cccc(NC(=O)C(C2=CC=C(CN3N=C(c4ccccc4)OCC3=N)CC2)C(C)C)c1. The third-order valence-electron chi connectivity index (χ3n) is 6.98. The van der Waals surface area contributed by atoms with Crippen LogP contribution in [0.25, 0.3) is 0 Å². The molecule has 2 aromatic carbocycles. The zero-order valence-electron chi connectivity index (χ0n) is 23.5. The predicted octanol–water partition coefficient (Wildman–Crippen LogP) is 5.71. The second-order valence-electron chi connectivity index (χ2n) is 10.3. The molecule has 0 fully saturated rings. The van der Waals surface area contributed by atoms with E-state index in [0.29, 0.717) is 37.7 Å². The molecule has 1 amide bonds. The van der Waals surface area contributed by atoms with E-state index >= 15 is 0 Å². The van der Waals surface area contributed by atoms with E-state index in [1.54, 1.807) is 11.9 Å². The van der Waals surface area contributed by atoms with Gasteiger partial charge < -0.3 is 14.8 Å². The molecule has 8 nitrogen and oxygen atoms in total. The zero-order valence-corrected chi connectivity index (χ0v) is 23.5. The van der Waals surface area contributed by atoms with Gasteiger partial charge in [0.2, 0.25) is 11.8 Å². The number of carbonyl (C=O) groups is 2. The molecule has 0 saturated heterocycles. The summed E-state index contributed by atoms with van der Waals surface area (Å²) in [5.74, 6) is 0.448. The van der Waals surface area contributed by atoms with Gasteiger partial charge in [0.1, 0.15) is 6.61 Å². The lowest BCUT2D eigenvalue weighted by Crippen LogP contribution is -2.37. The zero-order chi connectivity index (χ0) is 28.5. The van der Waals surface area contributed by atoms with Crippen LogP contribution in [0.2, 0.25) is 0 Å². The van der Waals surface area contributed by atoms with E-state index in [1.165, 1.54) is 0 Å². The average Bonchev–Trinajstić information content (AvgIpc) is 2.95. The summed E-state index contributed by atoms with van der Waals surface area (Å²) in [4.78, 5) is 25.1. The predicted molar refractivity (Wildman–Crippen MR) is 157 cm³/mol. The van der Waals surface area contributed by atoms with Crippen LogP contribution in [0.3, 0.4) is 0 Å². The maximum absolute atomic E-state index is 13.4. The number of hydrogen-bond donors (Lipinski definition) is 2. The topological polar surface area (TPSA) is 104 Å². The van der Waals surface area contributed by atoms with Crippen LogP contribution >= 0.6 is 0 Å². The molecule has 2 aliphatic rings. The number of amidine groups is 1. The molecule has 1 heterocycles. The molecule has 1 aliphatic carbocycles. The van der Waals surface area contributed by atoms with Crippen LogP contribution in [0.15, 0.2) is 83.0 Å². The molecule has 40 heavy (non-hydrogen) atoms. The minimum absolute atomic E-state index is 0.0345. The lowest BCUT2D eigenvalue weighted by Gasteiger charge is -2.29. The van der Waals surface area contributed by atoms with E-state index in [9.17, 15) is 9.59 Å². The van der Waals surface area contributed by atoms with Crippen molar-refractivity contribution in [3.05, 3.63) is 89.0 Å². The van der Waals surface area contributed by atoms with Gasteiger partial charge in [0.05, 0.1) is 19.1 Å². The molecule has 2 N–H and O–H groups in total. The molecule has 0 bridgehead atoms. The van der Waals surface area contributed by atoms with E-state index in [4.69, 9.17) is 14.9 Å². The van der Waals surface area contributed by atoms with E-state index in [1.807, 2.05) is 54.6 Å². The van der Waals surface area contributed by atoms with Gasteiger partial charge in [0, 0.05) is 17.7 Å². The van der Waals surface area contributed by atoms with Crippen LogP contribution in [-0.2, 0) is 25.5 Å². The van der Waals surface area contributed by atoms with Gasteiger partial charge in [-0.05, 0) is 67.5 Å². The highest BCUT2D eigenvalue weighted by Crippen LogP contribution is 2.31. The molecule has 0 aromatic heterocycles. The minimum Gasteiger partial charge on any atom is -0.468 e. The van der Waals surface area contributed by atoms with Crippen LogP contribution in [-0.4, -0.2) is 48.4 Å². The number of amides is 1. The molecule has 0 spiro atoms.